The minimum atomic E-state index is 0.00871. The Morgan fingerprint density at radius 3 is 2.62 bits per heavy atom. The molecule has 1 saturated carbocycles. The third kappa shape index (κ3) is 5.02. The Hall–Kier alpha value is -1.84. The van der Waals surface area contributed by atoms with Crippen molar-refractivity contribution in [3.8, 4) is 11.1 Å². The molecule has 2 fully saturated rings. The van der Waals surface area contributed by atoms with Crippen molar-refractivity contribution in [1.29, 1.82) is 0 Å². The number of rotatable bonds is 5. The Morgan fingerprint density at radius 1 is 1.03 bits per heavy atom. The van der Waals surface area contributed by atoms with E-state index in [0.29, 0.717) is 6.04 Å². The van der Waals surface area contributed by atoms with Crippen LogP contribution < -0.4 is 5.32 Å². The normalized spacial score (nSPS) is 20.7. The van der Waals surface area contributed by atoms with E-state index in [1.807, 2.05) is 13.0 Å². The van der Waals surface area contributed by atoms with Gasteiger partial charge < -0.3 is 5.32 Å². The first-order valence-electron chi connectivity index (χ1n) is 11.0. The summed E-state index contributed by atoms with van der Waals surface area (Å²) in [4.78, 5) is 15.3. The predicted octanol–water partition coefficient (Wildman–Crippen LogP) is 5.73. The van der Waals surface area contributed by atoms with Gasteiger partial charge in [-0.3, -0.25) is 9.69 Å². The maximum atomic E-state index is 12.9. The number of likely N-dealkylation sites (tertiary alicyclic amines) is 1. The fourth-order valence-corrected chi connectivity index (χ4v) is 4.89. The third-order valence-electron chi connectivity index (χ3n) is 6.44. The van der Waals surface area contributed by atoms with Gasteiger partial charge in [0.25, 0.3) is 0 Å². The van der Waals surface area contributed by atoms with E-state index >= 15 is 0 Å². The van der Waals surface area contributed by atoms with Crippen molar-refractivity contribution in [2.45, 2.75) is 70.5 Å². The van der Waals surface area contributed by atoms with Gasteiger partial charge in [0.15, 0.2) is 0 Å². The van der Waals surface area contributed by atoms with Gasteiger partial charge >= 0.3 is 0 Å². The molecule has 29 heavy (non-hydrogen) atoms. The largest absolute Gasteiger partial charge is 0.352 e. The van der Waals surface area contributed by atoms with Crippen molar-refractivity contribution in [3.63, 3.8) is 0 Å². The highest BCUT2D eigenvalue weighted by molar-refractivity contribution is 6.31. The molecule has 0 spiro atoms. The number of nitrogens with zero attached hydrogens (tertiary/aromatic N) is 1. The Kier molecular flexibility index (Phi) is 6.56. The number of carbonyl (C=O) groups is 1. The van der Waals surface area contributed by atoms with E-state index in [2.05, 4.69) is 46.6 Å². The number of aryl methyl sites for hydroxylation is 1. The molecule has 1 atom stereocenters. The van der Waals surface area contributed by atoms with Crippen molar-refractivity contribution in [1.82, 2.24) is 10.2 Å². The van der Waals surface area contributed by atoms with Crippen molar-refractivity contribution in [2.24, 2.45) is 0 Å². The molecule has 4 rings (SSSR count). The fraction of sp³-hybridized carbons (Fsp3) is 0.480. The zero-order valence-corrected chi connectivity index (χ0v) is 18.0. The average molecular weight is 411 g/mol. The molecule has 1 heterocycles. The van der Waals surface area contributed by atoms with E-state index < -0.39 is 0 Å². The summed E-state index contributed by atoms with van der Waals surface area (Å²) in [6, 6.07) is 15.2. The lowest BCUT2D eigenvalue weighted by molar-refractivity contribution is -0.126. The third-order valence-corrected chi connectivity index (χ3v) is 6.84. The van der Waals surface area contributed by atoms with Crippen molar-refractivity contribution >= 4 is 17.5 Å². The number of hydrogen-bond donors (Lipinski definition) is 1. The second-order valence-electron chi connectivity index (χ2n) is 8.64. The molecule has 0 radical (unpaired) electrons. The first-order valence-corrected chi connectivity index (χ1v) is 11.4. The van der Waals surface area contributed by atoms with Crippen LogP contribution in [-0.4, -0.2) is 29.4 Å². The highest BCUT2D eigenvalue weighted by Gasteiger charge is 2.31. The zero-order chi connectivity index (χ0) is 20.2. The fourth-order valence-electron chi connectivity index (χ4n) is 4.71. The quantitative estimate of drug-likeness (QED) is 0.682. The summed E-state index contributed by atoms with van der Waals surface area (Å²) in [5.74, 6) is 0.232. The van der Waals surface area contributed by atoms with Crippen molar-refractivity contribution in [2.75, 3.05) is 6.54 Å². The lowest BCUT2D eigenvalue weighted by Crippen LogP contribution is -2.47. The Balaban J connectivity index is 1.43. The van der Waals surface area contributed by atoms with Gasteiger partial charge in [0.05, 0.1) is 6.04 Å². The SMILES string of the molecule is Cc1ccc(-c2cccc(CN3CCCC3C(=O)NC3CCCCC3)c2)cc1Cl. The smallest absolute Gasteiger partial charge is 0.237 e. The van der Waals surface area contributed by atoms with Gasteiger partial charge in [-0.25, -0.2) is 0 Å². The van der Waals surface area contributed by atoms with Crippen LogP contribution in [0, 0.1) is 6.92 Å². The van der Waals surface area contributed by atoms with Crippen LogP contribution >= 0.6 is 11.6 Å². The van der Waals surface area contributed by atoms with Crippen LogP contribution in [0.15, 0.2) is 42.5 Å². The Morgan fingerprint density at radius 2 is 1.83 bits per heavy atom. The van der Waals surface area contributed by atoms with Gasteiger partial charge in [0.2, 0.25) is 5.91 Å². The molecule has 2 aromatic rings. The number of carbonyl (C=O) groups excluding carboxylic acids is 1. The monoisotopic (exact) mass is 410 g/mol. The molecule has 1 N–H and O–H groups in total. The van der Waals surface area contributed by atoms with Crippen LogP contribution in [0.5, 0.6) is 0 Å². The molecule has 0 aromatic heterocycles. The summed E-state index contributed by atoms with van der Waals surface area (Å²) < 4.78 is 0. The maximum Gasteiger partial charge on any atom is 0.237 e. The van der Waals surface area contributed by atoms with Crippen LogP contribution in [0.2, 0.25) is 5.02 Å². The minimum absolute atomic E-state index is 0.00871. The van der Waals surface area contributed by atoms with E-state index in [0.717, 1.165) is 54.9 Å². The standard InChI is InChI=1S/C25H31ClN2O/c1-18-12-13-21(16-23(18)26)20-8-5-7-19(15-20)17-28-14-6-11-24(28)25(29)27-22-9-3-2-4-10-22/h5,7-8,12-13,15-16,22,24H,2-4,6,9-11,14,17H2,1H3,(H,27,29). The second kappa shape index (κ2) is 9.32. The topological polar surface area (TPSA) is 32.3 Å². The van der Waals surface area contributed by atoms with Crippen LogP contribution in [0.3, 0.4) is 0 Å². The molecule has 1 unspecified atom stereocenters. The maximum absolute atomic E-state index is 12.9. The van der Waals surface area contributed by atoms with Crippen molar-refractivity contribution < 1.29 is 4.79 Å². The summed E-state index contributed by atoms with van der Waals surface area (Å²) in [5.41, 5.74) is 4.65. The minimum Gasteiger partial charge on any atom is -0.352 e. The summed E-state index contributed by atoms with van der Waals surface area (Å²) >= 11 is 6.32. The molecule has 0 bridgehead atoms. The van der Waals surface area contributed by atoms with Gasteiger partial charge in [-0.15, -0.1) is 0 Å². The van der Waals surface area contributed by atoms with E-state index in [1.54, 1.807) is 0 Å². The van der Waals surface area contributed by atoms with E-state index in [9.17, 15) is 4.79 Å². The Bertz CT molecular complexity index is 860. The van der Waals surface area contributed by atoms with Gasteiger partial charge in [-0.05, 0) is 73.5 Å². The molecule has 1 aliphatic carbocycles. The van der Waals surface area contributed by atoms with Gasteiger partial charge in [-0.2, -0.15) is 0 Å². The zero-order valence-electron chi connectivity index (χ0n) is 17.3. The summed E-state index contributed by atoms with van der Waals surface area (Å²) in [6.45, 7) is 3.83. The van der Waals surface area contributed by atoms with Crippen LogP contribution in [-0.2, 0) is 11.3 Å². The van der Waals surface area contributed by atoms with Crippen LogP contribution in [0.1, 0.15) is 56.1 Å². The Labute approximate surface area is 179 Å². The molecular formula is C25H31ClN2O. The van der Waals surface area contributed by atoms with E-state index in [4.69, 9.17) is 11.6 Å². The molecule has 2 aromatic carbocycles. The number of hydrogen-bond acceptors (Lipinski definition) is 2. The summed E-state index contributed by atoms with van der Waals surface area (Å²) in [7, 11) is 0. The number of nitrogens with one attached hydrogen (secondary N) is 1. The highest BCUT2D eigenvalue weighted by atomic mass is 35.5. The first kappa shape index (κ1) is 20.4. The van der Waals surface area contributed by atoms with Gasteiger partial charge in [0.1, 0.15) is 0 Å². The van der Waals surface area contributed by atoms with Gasteiger partial charge in [0, 0.05) is 17.6 Å². The molecule has 1 aliphatic heterocycles. The second-order valence-corrected chi connectivity index (χ2v) is 9.04. The first-order chi connectivity index (χ1) is 14.1. The molecule has 2 aliphatic rings. The molecule has 3 nitrogen and oxygen atoms in total. The average Bonchev–Trinajstić information content (AvgIpc) is 3.19. The van der Waals surface area contributed by atoms with Gasteiger partial charge in [-0.1, -0.05) is 61.2 Å². The number of amides is 1. The summed E-state index contributed by atoms with van der Waals surface area (Å²) in [6.07, 6.45) is 8.13. The molecular weight excluding hydrogens is 380 g/mol. The van der Waals surface area contributed by atoms with Crippen LogP contribution in [0.25, 0.3) is 11.1 Å². The molecule has 1 saturated heterocycles. The van der Waals surface area contributed by atoms with Crippen LogP contribution in [0.4, 0.5) is 0 Å². The number of halogens is 1. The lowest BCUT2D eigenvalue weighted by Gasteiger charge is -2.28. The molecule has 154 valence electrons. The molecule has 4 heteroatoms. The molecule has 1 amide bonds. The summed E-state index contributed by atoms with van der Waals surface area (Å²) in [5, 5.41) is 4.13. The lowest BCUT2D eigenvalue weighted by atomic mass is 9.95. The number of benzene rings is 2. The predicted molar refractivity (Wildman–Crippen MR) is 120 cm³/mol. The highest BCUT2D eigenvalue weighted by Crippen LogP contribution is 2.28. The van der Waals surface area contributed by atoms with Crippen molar-refractivity contribution in [3.05, 3.63) is 58.6 Å². The van der Waals surface area contributed by atoms with E-state index in [-0.39, 0.29) is 11.9 Å². The van der Waals surface area contributed by atoms with E-state index in [1.165, 1.54) is 30.4 Å².